The summed E-state index contributed by atoms with van der Waals surface area (Å²) in [5, 5.41) is 0. The molecule has 0 aliphatic rings. The van der Waals surface area contributed by atoms with Crippen LogP contribution in [0.2, 0.25) is 0 Å². The molecule has 0 aliphatic heterocycles. The van der Waals surface area contributed by atoms with Gasteiger partial charge >= 0.3 is 0 Å². The molecule has 0 atom stereocenters. The van der Waals surface area contributed by atoms with Crippen molar-refractivity contribution in [2.75, 3.05) is 0 Å². The summed E-state index contributed by atoms with van der Waals surface area (Å²) in [6.07, 6.45) is 11.7. The van der Waals surface area contributed by atoms with Gasteiger partial charge in [-0.05, 0) is 25.7 Å². The molecule has 0 saturated heterocycles. The van der Waals surface area contributed by atoms with Gasteiger partial charge in [-0.15, -0.1) is 0 Å². The van der Waals surface area contributed by atoms with Crippen molar-refractivity contribution >= 4 is 12.1 Å². The zero-order valence-electron chi connectivity index (χ0n) is 9.00. The van der Waals surface area contributed by atoms with Gasteiger partial charge in [-0.25, -0.2) is 0 Å². The second kappa shape index (κ2) is 10.2. The van der Waals surface area contributed by atoms with Crippen molar-refractivity contribution in [1.29, 1.82) is 0 Å². The van der Waals surface area contributed by atoms with E-state index < -0.39 is 0 Å². The Balaban J connectivity index is 3.13. The molecule has 2 nitrogen and oxygen atoms in total. The van der Waals surface area contributed by atoms with E-state index in [1.54, 1.807) is 0 Å². The van der Waals surface area contributed by atoms with Crippen LogP contribution in [-0.4, -0.2) is 12.1 Å². The van der Waals surface area contributed by atoms with E-state index in [9.17, 15) is 9.59 Å². The van der Waals surface area contributed by atoms with Crippen LogP contribution in [0.15, 0.2) is 12.2 Å². The third kappa shape index (κ3) is 9.17. The molecule has 0 N–H and O–H groups in total. The summed E-state index contributed by atoms with van der Waals surface area (Å²) in [4.78, 5) is 20.6. The van der Waals surface area contributed by atoms with Gasteiger partial charge in [0, 0.05) is 6.42 Å². The average Bonchev–Trinajstić information content (AvgIpc) is 2.21. The predicted molar refractivity (Wildman–Crippen MR) is 58.2 cm³/mol. The van der Waals surface area contributed by atoms with Crippen LogP contribution >= 0.6 is 0 Å². The molecule has 0 aromatic carbocycles. The molecular weight excluding hydrogens is 176 g/mol. The molecular formula is C12H20O2. The molecule has 0 spiro atoms. The molecule has 0 aromatic rings. The molecule has 14 heavy (non-hydrogen) atoms. The molecule has 0 rings (SSSR count). The van der Waals surface area contributed by atoms with Gasteiger partial charge in [-0.3, -0.25) is 9.59 Å². The number of rotatable bonds is 9. The fraction of sp³-hybridized carbons (Fsp3) is 0.667. The largest absolute Gasteiger partial charge is 0.295 e. The number of unbranched alkanes of at least 4 members (excludes halogenated alkanes) is 4. The van der Waals surface area contributed by atoms with Crippen LogP contribution in [0.3, 0.4) is 0 Å². The second-order valence-corrected chi connectivity index (χ2v) is 3.44. The van der Waals surface area contributed by atoms with Gasteiger partial charge in [-0.1, -0.05) is 31.9 Å². The summed E-state index contributed by atoms with van der Waals surface area (Å²) in [5.41, 5.74) is 0. The summed E-state index contributed by atoms with van der Waals surface area (Å²) in [6.45, 7) is 2.16. The first-order valence-corrected chi connectivity index (χ1v) is 5.44. The van der Waals surface area contributed by atoms with Crippen molar-refractivity contribution in [3.63, 3.8) is 0 Å². The van der Waals surface area contributed by atoms with E-state index >= 15 is 0 Å². The number of aldehydes is 1. The summed E-state index contributed by atoms with van der Waals surface area (Å²) >= 11 is 0. The fourth-order valence-corrected chi connectivity index (χ4v) is 1.20. The van der Waals surface area contributed by atoms with Crippen LogP contribution in [0.5, 0.6) is 0 Å². The molecule has 0 bridgehead atoms. The zero-order valence-corrected chi connectivity index (χ0v) is 9.00. The first-order valence-electron chi connectivity index (χ1n) is 5.44. The Bertz CT molecular complexity index is 183. The maximum Gasteiger partial charge on any atom is 0.195 e. The summed E-state index contributed by atoms with van der Waals surface area (Å²) in [6, 6.07) is 0. The molecule has 0 unspecified atom stereocenters. The minimum atomic E-state index is -0.272. The highest BCUT2D eigenvalue weighted by Gasteiger charge is 1.97. The van der Waals surface area contributed by atoms with Gasteiger partial charge in [-0.2, -0.15) is 0 Å². The van der Waals surface area contributed by atoms with Crippen LogP contribution in [0.4, 0.5) is 0 Å². The van der Waals surface area contributed by atoms with E-state index in [4.69, 9.17) is 0 Å². The Morgan fingerprint density at radius 1 is 1.07 bits per heavy atom. The molecule has 0 aliphatic carbocycles. The highest BCUT2D eigenvalue weighted by Crippen LogP contribution is 2.04. The quantitative estimate of drug-likeness (QED) is 0.246. The lowest BCUT2D eigenvalue weighted by Crippen LogP contribution is -1.97. The molecule has 80 valence electrons. The normalized spacial score (nSPS) is 10.6. The fourth-order valence-electron chi connectivity index (χ4n) is 1.20. The molecule has 0 radical (unpaired) electrons. The summed E-state index contributed by atoms with van der Waals surface area (Å²) in [5.74, 6) is -0.272. The smallest absolute Gasteiger partial charge is 0.195 e. The van der Waals surface area contributed by atoms with Gasteiger partial charge < -0.3 is 0 Å². The highest BCUT2D eigenvalue weighted by atomic mass is 16.2. The van der Waals surface area contributed by atoms with Crippen LogP contribution in [0.1, 0.15) is 51.9 Å². The Morgan fingerprint density at radius 3 is 2.43 bits per heavy atom. The third-order valence-corrected chi connectivity index (χ3v) is 2.05. The van der Waals surface area contributed by atoms with E-state index in [2.05, 4.69) is 19.1 Å². The molecule has 0 aromatic heterocycles. The summed E-state index contributed by atoms with van der Waals surface area (Å²) in [7, 11) is 0. The van der Waals surface area contributed by atoms with E-state index in [1.165, 1.54) is 6.42 Å². The maximum absolute atomic E-state index is 10.6. The number of ketones is 1. The number of Topliss-reactive ketones (excluding diaryl/α,β-unsaturated/α-hetero) is 1. The van der Waals surface area contributed by atoms with Crippen molar-refractivity contribution in [3.8, 4) is 0 Å². The number of hydrogen-bond donors (Lipinski definition) is 0. The van der Waals surface area contributed by atoms with E-state index in [0.717, 1.165) is 32.1 Å². The number of carbonyl (C=O) groups is 2. The number of allylic oxidation sites excluding steroid dienone is 2. The average molecular weight is 196 g/mol. The number of carbonyl (C=O) groups excluding carboxylic acids is 2. The molecule has 0 fully saturated rings. The van der Waals surface area contributed by atoms with Crippen molar-refractivity contribution in [2.45, 2.75) is 51.9 Å². The third-order valence-electron chi connectivity index (χ3n) is 2.05. The SMILES string of the molecule is CCCC=CCCCCCC(=O)C=O. The monoisotopic (exact) mass is 196 g/mol. The second-order valence-electron chi connectivity index (χ2n) is 3.44. The maximum atomic E-state index is 10.6. The van der Waals surface area contributed by atoms with E-state index in [1.807, 2.05) is 0 Å². The lowest BCUT2D eigenvalue weighted by molar-refractivity contribution is -0.129. The van der Waals surface area contributed by atoms with Gasteiger partial charge in [0.1, 0.15) is 0 Å². The topological polar surface area (TPSA) is 34.1 Å². The first-order chi connectivity index (χ1) is 6.81. The van der Waals surface area contributed by atoms with Crippen LogP contribution in [-0.2, 0) is 9.59 Å². The van der Waals surface area contributed by atoms with Gasteiger partial charge in [0.05, 0.1) is 0 Å². The highest BCUT2D eigenvalue weighted by molar-refractivity contribution is 6.24. The molecule has 2 heteroatoms. The summed E-state index contributed by atoms with van der Waals surface area (Å²) < 4.78 is 0. The van der Waals surface area contributed by atoms with Crippen molar-refractivity contribution < 1.29 is 9.59 Å². The molecule has 0 heterocycles. The minimum absolute atomic E-state index is 0.272. The van der Waals surface area contributed by atoms with Crippen molar-refractivity contribution in [1.82, 2.24) is 0 Å². The Hall–Kier alpha value is -0.920. The number of hydrogen-bond acceptors (Lipinski definition) is 2. The Kier molecular flexibility index (Phi) is 9.49. The van der Waals surface area contributed by atoms with Crippen LogP contribution in [0.25, 0.3) is 0 Å². The Morgan fingerprint density at radius 2 is 1.79 bits per heavy atom. The molecule has 0 saturated carbocycles. The zero-order chi connectivity index (χ0) is 10.6. The van der Waals surface area contributed by atoms with Crippen molar-refractivity contribution in [2.24, 2.45) is 0 Å². The van der Waals surface area contributed by atoms with Crippen LogP contribution < -0.4 is 0 Å². The van der Waals surface area contributed by atoms with Crippen LogP contribution in [0, 0.1) is 0 Å². The van der Waals surface area contributed by atoms with Gasteiger partial charge in [0.25, 0.3) is 0 Å². The minimum Gasteiger partial charge on any atom is -0.295 e. The predicted octanol–water partition coefficient (Wildman–Crippen LogP) is 3.06. The van der Waals surface area contributed by atoms with E-state index in [0.29, 0.717) is 12.7 Å². The van der Waals surface area contributed by atoms with E-state index in [-0.39, 0.29) is 5.78 Å². The Labute approximate surface area is 86.4 Å². The van der Waals surface area contributed by atoms with Gasteiger partial charge in [0.15, 0.2) is 12.1 Å². The molecule has 0 amide bonds. The first kappa shape index (κ1) is 13.1. The van der Waals surface area contributed by atoms with Crippen molar-refractivity contribution in [3.05, 3.63) is 12.2 Å². The standard InChI is InChI=1S/C12H20O2/c1-2-3-4-5-6-7-8-9-10-12(14)11-13/h4-5,11H,2-3,6-10H2,1H3. The lowest BCUT2D eigenvalue weighted by atomic mass is 10.1. The lowest BCUT2D eigenvalue weighted by Gasteiger charge is -1.95. The van der Waals surface area contributed by atoms with Gasteiger partial charge in [0.2, 0.25) is 0 Å².